The van der Waals surface area contributed by atoms with E-state index < -0.39 is 0 Å². The number of benzene rings is 10. The van der Waals surface area contributed by atoms with E-state index in [2.05, 4.69) is 202 Å². The first-order valence-electron chi connectivity index (χ1n) is 23.0. The van der Waals surface area contributed by atoms with Crippen molar-refractivity contribution in [1.29, 1.82) is 10.5 Å². The zero-order valence-electron chi connectivity index (χ0n) is 36.7. The largest absolute Gasteiger partial charge is 0.309 e. The van der Waals surface area contributed by atoms with Crippen molar-refractivity contribution in [2.24, 2.45) is 0 Å². The van der Waals surface area contributed by atoms with Crippen molar-refractivity contribution in [1.82, 2.24) is 13.7 Å². The molecule has 3 aromatic heterocycles. The summed E-state index contributed by atoms with van der Waals surface area (Å²) in [5.74, 6) is 0. The van der Waals surface area contributed by atoms with E-state index >= 15 is 0 Å². The lowest BCUT2D eigenvalue weighted by atomic mass is 9.93. The summed E-state index contributed by atoms with van der Waals surface area (Å²) in [7, 11) is 0. The van der Waals surface area contributed by atoms with Gasteiger partial charge in [-0.1, -0.05) is 127 Å². The van der Waals surface area contributed by atoms with Crippen LogP contribution in [0.3, 0.4) is 0 Å². The number of nitrogens with zero attached hydrogens (tertiary/aromatic N) is 5. The van der Waals surface area contributed by atoms with Gasteiger partial charge in [-0.05, 0) is 125 Å². The highest BCUT2D eigenvalue weighted by Crippen LogP contribution is 2.46. The molecular weight excluding hydrogens is 827 g/mol. The van der Waals surface area contributed by atoms with E-state index in [0.29, 0.717) is 11.1 Å². The molecule has 0 bridgehead atoms. The van der Waals surface area contributed by atoms with Gasteiger partial charge < -0.3 is 13.7 Å². The highest BCUT2D eigenvalue weighted by atomic mass is 15.0. The first kappa shape index (κ1) is 37.9. The average Bonchev–Trinajstić information content (AvgIpc) is 4.14. The minimum Gasteiger partial charge on any atom is -0.309 e. The fourth-order valence-electron chi connectivity index (χ4n) is 11.3. The highest BCUT2D eigenvalue weighted by Gasteiger charge is 2.26. The van der Waals surface area contributed by atoms with Crippen LogP contribution in [-0.4, -0.2) is 13.7 Å². The molecule has 0 atom stereocenters. The van der Waals surface area contributed by atoms with E-state index in [-0.39, 0.29) is 0 Å². The molecule has 0 saturated carbocycles. The lowest BCUT2D eigenvalue weighted by Gasteiger charge is -2.19. The van der Waals surface area contributed by atoms with E-state index in [1.54, 1.807) is 0 Å². The zero-order chi connectivity index (χ0) is 45.0. The first-order chi connectivity index (χ1) is 33.6. The number of fused-ring (bicyclic) bond motifs is 13. The fraction of sp³-hybridized carbons (Fsp3) is 0.0159. The molecule has 10 aromatic carbocycles. The summed E-state index contributed by atoms with van der Waals surface area (Å²) >= 11 is 0. The third kappa shape index (κ3) is 5.42. The van der Waals surface area contributed by atoms with E-state index in [4.69, 9.17) is 0 Å². The van der Waals surface area contributed by atoms with Crippen molar-refractivity contribution in [3.05, 3.63) is 235 Å². The van der Waals surface area contributed by atoms with Crippen LogP contribution in [0, 0.1) is 22.7 Å². The number of nitriles is 2. The fourth-order valence-corrected chi connectivity index (χ4v) is 11.3. The SMILES string of the molecule is N#Cc1ccc(-c2ccc(C#N)c(-c3ccc(-n4c5ccccc5c5c4ccc4c6ccccc6n(-c6ccccc6)c45)cc3-n3c4ccccc4c4cc5c(cc43)Cc3ccccc3-5)c2)cc1. The Balaban J connectivity index is 1.09. The van der Waals surface area contributed by atoms with Crippen LogP contribution >= 0.6 is 0 Å². The number of hydrogen-bond donors (Lipinski definition) is 0. The van der Waals surface area contributed by atoms with Crippen LogP contribution in [-0.2, 0) is 6.42 Å². The number of para-hydroxylation sites is 4. The molecular formula is C63H37N5. The van der Waals surface area contributed by atoms with Crippen molar-refractivity contribution in [2.45, 2.75) is 6.42 Å². The molecule has 13 aromatic rings. The maximum atomic E-state index is 10.9. The van der Waals surface area contributed by atoms with Crippen molar-refractivity contribution in [3.63, 3.8) is 0 Å². The number of hydrogen-bond acceptors (Lipinski definition) is 2. The molecule has 0 unspecified atom stereocenters. The Morgan fingerprint density at radius 3 is 1.81 bits per heavy atom. The summed E-state index contributed by atoms with van der Waals surface area (Å²) in [5.41, 5.74) is 20.0. The Hall–Kier alpha value is -9.42. The number of aromatic nitrogens is 3. The van der Waals surface area contributed by atoms with Crippen molar-refractivity contribution in [2.75, 3.05) is 0 Å². The van der Waals surface area contributed by atoms with Gasteiger partial charge in [-0.3, -0.25) is 0 Å². The molecule has 5 heteroatoms. The summed E-state index contributed by atoms with van der Waals surface area (Å²) in [6.07, 6.45) is 0.872. The standard InChI is InChI=1S/C63H37N5/c64-37-39-22-24-40(25-23-39)41-26-27-43(38-65)53(33-41)50-29-28-46(35-61(50)68-57-20-10-7-17-49(57)55-36-54-44(34-60(55)68)32-42-12-4-5-15-47(42)54)66-58-21-11-8-18-52(58)62-59(66)31-30-51-48-16-6-9-19-56(48)67(63(51)62)45-13-2-1-3-14-45/h1-31,33-36H,32H2. The second kappa shape index (κ2) is 14.5. The minimum atomic E-state index is 0.585. The molecule has 68 heavy (non-hydrogen) atoms. The molecule has 5 nitrogen and oxygen atoms in total. The molecule has 1 aliphatic carbocycles. The summed E-state index contributed by atoms with van der Waals surface area (Å²) in [6, 6.07) is 80.4. The lowest BCUT2D eigenvalue weighted by Crippen LogP contribution is -2.02. The van der Waals surface area contributed by atoms with E-state index in [1.807, 2.05) is 36.4 Å². The van der Waals surface area contributed by atoms with Crippen LogP contribution in [0.25, 0.3) is 116 Å². The van der Waals surface area contributed by atoms with Gasteiger partial charge in [-0.25, -0.2) is 0 Å². The predicted molar refractivity (Wildman–Crippen MR) is 278 cm³/mol. The minimum absolute atomic E-state index is 0.585. The summed E-state index contributed by atoms with van der Waals surface area (Å²) in [6.45, 7) is 0. The average molecular weight is 864 g/mol. The van der Waals surface area contributed by atoms with Crippen LogP contribution < -0.4 is 0 Å². The Kier molecular flexibility index (Phi) is 8.11. The normalized spacial score (nSPS) is 12.0. The van der Waals surface area contributed by atoms with Crippen LogP contribution in [0.15, 0.2) is 212 Å². The monoisotopic (exact) mass is 863 g/mol. The van der Waals surface area contributed by atoms with E-state index in [1.165, 1.54) is 65.6 Å². The molecule has 0 radical (unpaired) electrons. The Labute approximate surface area is 391 Å². The summed E-state index contributed by atoms with van der Waals surface area (Å²) in [5, 5.41) is 27.6. The maximum absolute atomic E-state index is 10.9. The van der Waals surface area contributed by atoms with Gasteiger partial charge in [-0.15, -0.1) is 0 Å². The topological polar surface area (TPSA) is 62.4 Å². The maximum Gasteiger partial charge on any atom is 0.0998 e. The van der Waals surface area contributed by atoms with Crippen LogP contribution in [0.1, 0.15) is 22.3 Å². The van der Waals surface area contributed by atoms with Gasteiger partial charge in [0.05, 0.1) is 62.1 Å². The molecule has 0 spiro atoms. The molecule has 0 N–H and O–H groups in total. The van der Waals surface area contributed by atoms with Crippen molar-refractivity contribution >= 4 is 65.4 Å². The quantitative estimate of drug-likeness (QED) is 0.173. The second-order valence-corrected chi connectivity index (χ2v) is 17.9. The van der Waals surface area contributed by atoms with Crippen molar-refractivity contribution in [3.8, 4) is 62.6 Å². The predicted octanol–water partition coefficient (Wildman–Crippen LogP) is 15.6. The van der Waals surface area contributed by atoms with Gasteiger partial charge >= 0.3 is 0 Å². The highest BCUT2D eigenvalue weighted by molar-refractivity contribution is 6.26. The molecule has 0 aliphatic heterocycles. The van der Waals surface area contributed by atoms with E-state index in [0.717, 1.165) is 67.8 Å². The summed E-state index contributed by atoms with van der Waals surface area (Å²) in [4.78, 5) is 0. The number of rotatable bonds is 5. The van der Waals surface area contributed by atoms with Gasteiger partial charge in [0.25, 0.3) is 0 Å². The van der Waals surface area contributed by atoms with Gasteiger partial charge in [-0.2, -0.15) is 10.5 Å². The van der Waals surface area contributed by atoms with Crippen LogP contribution in [0.2, 0.25) is 0 Å². The van der Waals surface area contributed by atoms with E-state index in [9.17, 15) is 10.5 Å². The molecule has 0 amide bonds. The Bertz CT molecular complexity index is 4360. The van der Waals surface area contributed by atoms with Gasteiger partial charge in [0.1, 0.15) is 0 Å². The summed E-state index contributed by atoms with van der Waals surface area (Å²) < 4.78 is 7.28. The smallest absolute Gasteiger partial charge is 0.0998 e. The van der Waals surface area contributed by atoms with Gasteiger partial charge in [0, 0.05) is 54.8 Å². The third-order valence-electron chi connectivity index (χ3n) is 14.3. The Morgan fingerprint density at radius 1 is 0.353 bits per heavy atom. The zero-order valence-corrected chi connectivity index (χ0v) is 36.7. The van der Waals surface area contributed by atoms with Crippen molar-refractivity contribution < 1.29 is 0 Å². The Morgan fingerprint density at radius 2 is 1.03 bits per heavy atom. The molecule has 0 fully saturated rings. The molecule has 3 heterocycles. The van der Waals surface area contributed by atoms with Crippen LogP contribution in [0.4, 0.5) is 0 Å². The molecule has 314 valence electrons. The molecule has 0 saturated heterocycles. The molecule has 14 rings (SSSR count). The second-order valence-electron chi connectivity index (χ2n) is 17.9. The first-order valence-corrected chi connectivity index (χ1v) is 23.0. The van der Waals surface area contributed by atoms with Gasteiger partial charge in [0.2, 0.25) is 0 Å². The van der Waals surface area contributed by atoms with Gasteiger partial charge in [0.15, 0.2) is 0 Å². The lowest BCUT2D eigenvalue weighted by molar-refractivity contribution is 1.13. The molecule has 1 aliphatic rings. The van der Waals surface area contributed by atoms with Crippen LogP contribution in [0.5, 0.6) is 0 Å². The third-order valence-corrected chi connectivity index (χ3v) is 14.3.